The number of hydrogen-bond acceptors (Lipinski definition) is 6. The summed E-state index contributed by atoms with van der Waals surface area (Å²) in [6.45, 7) is 6.80. The molecule has 0 unspecified atom stereocenters. The molecule has 1 aliphatic heterocycles. The van der Waals surface area contributed by atoms with Crippen LogP contribution in [0, 0.1) is 12.3 Å². The van der Waals surface area contributed by atoms with Crippen molar-refractivity contribution in [3.63, 3.8) is 0 Å². The van der Waals surface area contributed by atoms with E-state index < -0.39 is 0 Å². The zero-order chi connectivity index (χ0) is 13.0. The molecule has 0 saturated carbocycles. The molecule has 1 fully saturated rings. The van der Waals surface area contributed by atoms with Crippen LogP contribution in [0.2, 0.25) is 0 Å². The Morgan fingerprint density at radius 2 is 2.00 bits per heavy atom. The minimum absolute atomic E-state index is 0.270. The summed E-state index contributed by atoms with van der Waals surface area (Å²) < 4.78 is 5.40. The highest BCUT2D eigenvalue weighted by Gasteiger charge is 2.27. The van der Waals surface area contributed by atoms with E-state index in [1.165, 1.54) is 6.33 Å². The Morgan fingerprint density at radius 3 is 2.67 bits per heavy atom. The molecular weight excluding hydrogens is 230 g/mol. The minimum atomic E-state index is 0.270. The first-order chi connectivity index (χ1) is 8.64. The molecule has 4 N–H and O–H groups in total. The van der Waals surface area contributed by atoms with Gasteiger partial charge in [-0.1, -0.05) is 6.92 Å². The van der Waals surface area contributed by atoms with Gasteiger partial charge in [-0.25, -0.2) is 15.8 Å². The molecule has 0 bridgehead atoms. The Bertz CT molecular complexity index is 403. The Morgan fingerprint density at radius 1 is 1.33 bits per heavy atom. The fraction of sp³-hybridized carbons (Fsp3) is 0.667. The molecule has 6 nitrogen and oxygen atoms in total. The SMILES string of the molecule is Cc1c(NN)ncnc1NCC1(C)CCOCC1. The van der Waals surface area contributed by atoms with Gasteiger partial charge in [0.25, 0.3) is 0 Å². The third-order valence-electron chi connectivity index (χ3n) is 3.60. The van der Waals surface area contributed by atoms with Crippen LogP contribution in [0.5, 0.6) is 0 Å². The van der Waals surface area contributed by atoms with Crippen LogP contribution in [0.3, 0.4) is 0 Å². The lowest BCUT2D eigenvalue weighted by molar-refractivity contribution is 0.0299. The molecule has 2 rings (SSSR count). The zero-order valence-corrected chi connectivity index (χ0v) is 11.0. The topological polar surface area (TPSA) is 85.1 Å². The summed E-state index contributed by atoms with van der Waals surface area (Å²) in [5.41, 5.74) is 3.78. The van der Waals surface area contributed by atoms with Crippen LogP contribution < -0.4 is 16.6 Å². The number of ether oxygens (including phenoxy) is 1. The highest BCUT2D eigenvalue weighted by atomic mass is 16.5. The minimum Gasteiger partial charge on any atom is -0.381 e. The summed E-state index contributed by atoms with van der Waals surface area (Å²) in [6.07, 6.45) is 3.66. The van der Waals surface area contributed by atoms with Gasteiger partial charge in [0.2, 0.25) is 0 Å². The molecule has 6 heteroatoms. The van der Waals surface area contributed by atoms with Crippen LogP contribution in [0.4, 0.5) is 11.6 Å². The normalized spacial score (nSPS) is 18.4. The number of anilines is 2. The van der Waals surface area contributed by atoms with Gasteiger partial charge in [0, 0.05) is 25.3 Å². The van der Waals surface area contributed by atoms with Gasteiger partial charge in [-0.05, 0) is 25.2 Å². The van der Waals surface area contributed by atoms with Crippen molar-refractivity contribution < 1.29 is 4.74 Å². The maximum Gasteiger partial charge on any atom is 0.148 e. The number of hydrogen-bond donors (Lipinski definition) is 3. The summed E-state index contributed by atoms with van der Waals surface area (Å²) in [6, 6.07) is 0. The first kappa shape index (κ1) is 13.0. The van der Waals surface area contributed by atoms with Crippen molar-refractivity contribution in [3.05, 3.63) is 11.9 Å². The second-order valence-corrected chi connectivity index (χ2v) is 5.12. The molecule has 18 heavy (non-hydrogen) atoms. The molecular formula is C12H21N5O. The van der Waals surface area contributed by atoms with Gasteiger partial charge in [-0.3, -0.25) is 0 Å². The molecule has 1 aromatic rings. The highest BCUT2D eigenvalue weighted by molar-refractivity contribution is 5.55. The van der Waals surface area contributed by atoms with Crippen molar-refractivity contribution in [2.75, 3.05) is 30.5 Å². The van der Waals surface area contributed by atoms with Crippen LogP contribution in [0.1, 0.15) is 25.3 Å². The van der Waals surface area contributed by atoms with Crippen molar-refractivity contribution in [1.29, 1.82) is 0 Å². The predicted molar refractivity (Wildman–Crippen MR) is 71.2 cm³/mol. The third-order valence-corrected chi connectivity index (χ3v) is 3.60. The Labute approximate surface area is 107 Å². The standard InChI is InChI=1S/C12H21N5O/c1-9-10(15-8-16-11(9)17-13)14-7-12(2)3-5-18-6-4-12/h8H,3-7,13H2,1-2H3,(H2,14,15,16,17). The van der Waals surface area contributed by atoms with E-state index in [-0.39, 0.29) is 5.41 Å². The maximum atomic E-state index is 5.40. The summed E-state index contributed by atoms with van der Waals surface area (Å²) >= 11 is 0. The highest BCUT2D eigenvalue weighted by Crippen LogP contribution is 2.30. The second-order valence-electron chi connectivity index (χ2n) is 5.12. The lowest BCUT2D eigenvalue weighted by Gasteiger charge is -2.33. The number of nitrogens with two attached hydrogens (primary N) is 1. The number of hydrazine groups is 1. The number of nitrogens with zero attached hydrogens (tertiary/aromatic N) is 2. The average molecular weight is 251 g/mol. The van der Waals surface area contributed by atoms with Gasteiger partial charge in [-0.2, -0.15) is 0 Å². The van der Waals surface area contributed by atoms with Crippen molar-refractivity contribution in [2.45, 2.75) is 26.7 Å². The first-order valence-electron chi connectivity index (χ1n) is 6.24. The van der Waals surface area contributed by atoms with Crippen LogP contribution in [-0.4, -0.2) is 29.7 Å². The van der Waals surface area contributed by atoms with Gasteiger partial charge in [-0.15, -0.1) is 0 Å². The fourth-order valence-corrected chi connectivity index (χ4v) is 2.11. The van der Waals surface area contributed by atoms with Gasteiger partial charge in [0.05, 0.1) is 0 Å². The summed E-state index contributed by atoms with van der Waals surface area (Å²) in [7, 11) is 0. The summed E-state index contributed by atoms with van der Waals surface area (Å²) in [5, 5.41) is 3.40. The van der Waals surface area contributed by atoms with Crippen molar-refractivity contribution >= 4 is 11.6 Å². The van der Waals surface area contributed by atoms with E-state index in [2.05, 4.69) is 27.6 Å². The molecule has 0 spiro atoms. The van der Waals surface area contributed by atoms with E-state index in [4.69, 9.17) is 10.6 Å². The molecule has 2 heterocycles. The summed E-state index contributed by atoms with van der Waals surface area (Å²) in [5.74, 6) is 6.90. The molecule has 0 aliphatic carbocycles. The van der Waals surface area contributed by atoms with Gasteiger partial charge >= 0.3 is 0 Å². The van der Waals surface area contributed by atoms with Crippen molar-refractivity contribution in [3.8, 4) is 0 Å². The Kier molecular flexibility index (Phi) is 3.98. The van der Waals surface area contributed by atoms with Crippen molar-refractivity contribution in [1.82, 2.24) is 9.97 Å². The molecule has 0 amide bonds. The second kappa shape index (κ2) is 5.49. The molecule has 100 valence electrons. The number of nitrogens with one attached hydrogen (secondary N) is 2. The third kappa shape index (κ3) is 2.88. The smallest absolute Gasteiger partial charge is 0.148 e. The lowest BCUT2D eigenvalue weighted by atomic mass is 9.82. The molecule has 0 atom stereocenters. The Hall–Kier alpha value is -1.40. The van der Waals surface area contributed by atoms with Gasteiger partial charge in [0.1, 0.15) is 18.0 Å². The monoisotopic (exact) mass is 251 g/mol. The molecule has 0 radical (unpaired) electrons. The first-order valence-corrected chi connectivity index (χ1v) is 6.24. The van der Waals surface area contributed by atoms with Crippen LogP contribution in [0.15, 0.2) is 6.33 Å². The quantitative estimate of drug-likeness (QED) is 0.552. The van der Waals surface area contributed by atoms with Gasteiger partial charge in [0.15, 0.2) is 0 Å². The number of nitrogen functional groups attached to an aromatic ring is 1. The summed E-state index contributed by atoms with van der Waals surface area (Å²) in [4.78, 5) is 8.32. The molecule has 1 saturated heterocycles. The predicted octanol–water partition coefficient (Wildman–Crippen LogP) is 1.30. The lowest BCUT2D eigenvalue weighted by Crippen LogP contribution is -2.33. The van der Waals surface area contributed by atoms with E-state index >= 15 is 0 Å². The van der Waals surface area contributed by atoms with Crippen LogP contribution in [-0.2, 0) is 4.74 Å². The van der Waals surface area contributed by atoms with E-state index in [9.17, 15) is 0 Å². The largest absolute Gasteiger partial charge is 0.381 e. The van der Waals surface area contributed by atoms with Crippen LogP contribution in [0.25, 0.3) is 0 Å². The Balaban J connectivity index is 2.01. The van der Waals surface area contributed by atoms with E-state index in [1.54, 1.807) is 0 Å². The van der Waals surface area contributed by atoms with E-state index in [0.29, 0.717) is 5.82 Å². The van der Waals surface area contributed by atoms with Crippen LogP contribution >= 0.6 is 0 Å². The molecule has 1 aromatic heterocycles. The molecule has 1 aliphatic rings. The zero-order valence-electron chi connectivity index (χ0n) is 11.0. The average Bonchev–Trinajstić information content (AvgIpc) is 2.38. The van der Waals surface area contributed by atoms with E-state index in [1.807, 2.05) is 6.92 Å². The van der Waals surface area contributed by atoms with Crippen molar-refractivity contribution in [2.24, 2.45) is 11.3 Å². The molecule has 0 aromatic carbocycles. The number of rotatable bonds is 4. The van der Waals surface area contributed by atoms with E-state index in [0.717, 1.165) is 44.0 Å². The maximum absolute atomic E-state index is 5.40. The number of aromatic nitrogens is 2. The fourth-order valence-electron chi connectivity index (χ4n) is 2.11. The van der Waals surface area contributed by atoms with Gasteiger partial charge < -0.3 is 15.5 Å².